The summed E-state index contributed by atoms with van der Waals surface area (Å²) in [6.07, 6.45) is 0. The first-order chi connectivity index (χ1) is 6.50. The summed E-state index contributed by atoms with van der Waals surface area (Å²) < 4.78 is 4.89. The molecule has 0 saturated heterocycles. The largest absolute Gasteiger partial charge is 0.343 e. The van der Waals surface area contributed by atoms with E-state index in [1.165, 1.54) is 0 Å². The average molecular weight is 198 g/mol. The van der Waals surface area contributed by atoms with Gasteiger partial charge in [-0.15, -0.1) is 0 Å². The van der Waals surface area contributed by atoms with Gasteiger partial charge in [-0.05, 0) is 20.8 Å². The number of carbonyl (C=O) groups excluding carboxylic acids is 1. The van der Waals surface area contributed by atoms with Crippen molar-refractivity contribution in [1.29, 1.82) is 0 Å². The quantitative estimate of drug-likeness (QED) is 0.707. The summed E-state index contributed by atoms with van der Waals surface area (Å²) >= 11 is 0. The van der Waals surface area contributed by atoms with Crippen LogP contribution in [0.5, 0.6) is 0 Å². The van der Waals surface area contributed by atoms with Crippen molar-refractivity contribution in [2.45, 2.75) is 32.9 Å². The Morgan fingerprint density at radius 1 is 1.57 bits per heavy atom. The summed E-state index contributed by atoms with van der Waals surface area (Å²) in [4.78, 5) is 15.2. The zero-order valence-electron chi connectivity index (χ0n) is 8.44. The molecule has 0 aliphatic carbocycles. The van der Waals surface area contributed by atoms with Gasteiger partial charge in [-0.3, -0.25) is 4.79 Å². The van der Waals surface area contributed by atoms with Gasteiger partial charge in [0.2, 0.25) is 11.8 Å². The second-order valence-corrected chi connectivity index (χ2v) is 3.20. The van der Waals surface area contributed by atoms with Crippen molar-refractivity contribution in [3.8, 4) is 0 Å². The van der Waals surface area contributed by atoms with E-state index in [1.54, 1.807) is 20.8 Å². The third-order valence-corrected chi connectivity index (χ3v) is 1.69. The van der Waals surface area contributed by atoms with E-state index in [9.17, 15) is 4.79 Å². The van der Waals surface area contributed by atoms with E-state index in [2.05, 4.69) is 15.5 Å². The molecule has 1 amide bonds. The van der Waals surface area contributed by atoms with Gasteiger partial charge in [-0.1, -0.05) is 5.16 Å². The Labute approximate surface area is 81.9 Å². The third-order valence-electron chi connectivity index (χ3n) is 1.69. The molecule has 14 heavy (non-hydrogen) atoms. The van der Waals surface area contributed by atoms with Gasteiger partial charge in [0.1, 0.15) is 6.04 Å². The first-order valence-electron chi connectivity index (χ1n) is 4.37. The van der Waals surface area contributed by atoms with Crippen LogP contribution in [0.3, 0.4) is 0 Å². The van der Waals surface area contributed by atoms with Gasteiger partial charge in [0.25, 0.3) is 0 Å². The molecule has 6 nitrogen and oxygen atoms in total. The minimum atomic E-state index is -0.540. The molecule has 0 aliphatic heterocycles. The van der Waals surface area contributed by atoms with Crippen molar-refractivity contribution in [2.24, 2.45) is 5.73 Å². The fraction of sp³-hybridized carbons (Fsp3) is 0.625. The van der Waals surface area contributed by atoms with Crippen LogP contribution in [0.1, 0.15) is 31.6 Å². The van der Waals surface area contributed by atoms with Gasteiger partial charge >= 0.3 is 0 Å². The average Bonchev–Trinajstić information content (AvgIpc) is 2.51. The number of rotatable bonds is 3. The Morgan fingerprint density at radius 3 is 2.64 bits per heavy atom. The Balaban J connectivity index is 2.59. The topological polar surface area (TPSA) is 94.0 Å². The van der Waals surface area contributed by atoms with Gasteiger partial charge in [-0.25, -0.2) is 0 Å². The zero-order valence-corrected chi connectivity index (χ0v) is 8.44. The SMILES string of the molecule is Cc1noc(C(C)NC(=O)[C@@H](C)N)n1. The lowest BCUT2D eigenvalue weighted by Gasteiger charge is -2.11. The highest BCUT2D eigenvalue weighted by atomic mass is 16.5. The summed E-state index contributed by atoms with van der Waals surface area (Å²) in [5.74, 6) is 0.687. The van der Waals surface area contributed by atoms with Gasteiger partial charge < -0.3 is 15.6 Å². The maximum Gasteiger partial charge on any atom is 0.248 e. The second kappa shape index (κ2) is 4.19. The minimum absolute atomic E-state index is 0.242. The number of nitrogens with two attached hydrogens (primary N) is 1. The molecule has 0 bridgehead atoms. The van der Waals surface area contributed by atoms with Crippen molar-refractivity contribution < 1.29 is 9.32 Å². The number of hydrogen-bond acceptors (Lipinski definition) is 5. The van der Waals surface area contributed by atoms with Crippen LogP contribution in [-0.4, -0.2) is 22.1 Å². The zero-order chi connectivity index (χ0) is 10.7. The molecule has 1 rings (SSSR count). The highest BCUT2D eigenvalue weighted by Gasteiger charge is 2.16. The number of nitrogens with zero attached hydrogens (tertiary/aromatic N) is 2. The van der Waals surface area contributed by atoms with Crippen LogP contribution >= 0.6 is 0 Å². The predicted octanol–water partition coefficient (Wildman–Crippen LogP) is -0.0976. The van der Waals surface area contributed by atoms with Crippen LogP contribution in [0.2, 0.25) is 0 Å². The molecule has 1 aromatic heterocycles. The Hall–Kier alpha value is -1.43. The highest BCUT2D eigenvalue weighted by molar-refractivity contribution is 5.81. The number of aromatic nitrogens is 2. The molecule has 1 heterocycles. The maximum absolute atomic E-state index is 11.2. The van der Waals surface area contributed by atoms with Crippen molar-refractivity contribution in [1.82, 2.24) is 15.5 Å². The Bertz CT molecular complexity index is 321. The van der Waals surface area contributed by atoms with Gasteiger partial charge in [-0.2, -0.15) is 4.98 Å². The smallest absolute Gasteiger partial charge is 0.248 e. The molecule has 0 saturated carbocycles. The first kappa shape index (κ1) is 10.6. The van der Waals surface area contributed by atoms with E-state index in [1.807, 2.05) is 0 Å². The van der Waals surface area contributed by atoms with E-state index in [0.717, 1.165) is 0 Å². The first-order valence-corrected chi connectivity index (χ1v) is 4.37. The Morgan fingerprint density at radius 2 is 2.21 bits per heavy atom. The van der Waals surface area contributed by atoms with Gasteiger partial charge in [0.15, 0.2) is 5.82 Å². The Kier molecular flexibility index (Phi) is 3.19. The lowest BCUT2D eigenvalue weighted by molar-refractivity contribution is -0.122. The standard InChI is InChI=1S/C8H14N4O2/c1-4(9)7(13)10-5(2)8-11-6(3)12-14-8/h4-5H,9H2,1-3H3,(H,10,13)/t4-,5?/m1/s1. The van der Waals surface area contributed by atoms with Crippen molar-refractivity contribution in [3.05, 3.63) is 11.7 Å². The van der Waals surface area contributed by atoms with E-state index >= 15 is 0 Å². The summed E-state index contributed by atoms with van der Waals surface area (Å²) in [5.41, 5.74) is 5.39. The molecule has 78 valence electrons. The number of carbonyl (C=O) groups is 1. The van der Waals surface area contributed by atoms with E-state index in [0.29, 0.717) is 11.7 Å². The number of aryl methyl sites for hydroxylation is 1. The summed E-state index contributed by atoms with van der Waals surface area (Å²) in [7, 11) is 0. The van der Waals surface area contributed by atoms with Crippen LogP contribution in [-0.2, 0) is 4.79 Å². The molecule has 3 N–H and O–H groups in total. The van der Waals surface area contributed by atoms with Crippen molar-refractivity contribution >= 4 is 5.91 Å². The molecular weight excluding hydrogens is 184 g/mol. The van der Waals surface area contributed by atoms with Crippen molar-refractivity contribution in [3.63, 3.8) is 0 Å². The van der Waals surface area contributed by atoms with Gasteiger partial charge in [0, 0.05) is 0 Å². The summed E-state index contributed by atoms with van der Waals surface area (Å²) in [6, 6.07) is -0.851. The highest BCUT2D eigenvalue weighted by Crippen LogP contribution is 2.08. The molecule has 0 spiro atoms. The second-order valence-electron chi connectivity index (χ2n) is 3.20. The molecule has 1 unspecified atom stereocenters. The van der Waals surface area contributed by atoms with Gasteiger partial charge in [0.05, 0.1) is 6.04 Å². The van der Waals surface area contributed by atoms with E-state index in [4.69, 9.17) is 10.3 Å². The van der Waals surface area contributed by atoms with E-state index in [-0.39, 0.29) is 11.9 Å². The van der Waals surface area contributed by atoms with E-state index < -0.39 is 6.04 Å². The van der Waals surface area contributed by atoms with Crippen molar-refractivity contribution in [2.75, 3.05) is 0 Å². The fourth-order valence-corrected chi connectivity index (χ4v) is 0.896. The molecule has 0 aliphatic rings. The molecule has 1 aromatic rings. The van der Waals surface area contributed by atoms with Crippen LogP contribution in [0.25, 0.3) is 0 Å². The molecule has 0 radical (unpaired) electrons. The molecule has 0 aromatic carbocycles. The van der Waals surface area contributed by atoms with Crippen LogP contribution < -0.4 is 11.1 Å². The van der Waals surface area contributed by atoms with Crippen LogP contribution in [0.4, 0.5) is 0 Å². The minimum Gasteiger partial charge on any atom is -0.343 e. The summed E-state index contributed by atoms with van der Waals surface area (Å²) in [6.45, 7) is 5.08. The number of amides is 1. The number of hydrogen-bond donors (Lipinski definition) is 2. The van der Waals surface area contributed by atoms with Crippen LogP contribution in [0, 0.1) is 6.92 Å². The number of nitrogens with one attached hydrogen (secondary N) is 1. The lowest BCUT2D eigenvalue weighted by atomic mass is 10.3. The lowest BCUT2D eigenvalue weighted by Crippen LogP contribution is -2.39. The molecule has 6 heteroatoms. The predicted molar refractivity (Wildman–Crippen MR) is 49.2 cm³/mol. The molecular formula is C8H14N4O2. The normalized spacial score (nSPS) is 14.9. The fourth-order valence-electron chi connectivity index (χ4n) is 0.896. The molecule has 0 fully saturated rings. The monoisotopic (exact) mass is 198 g/mol. The maximum atomic E-state index is 11.2. The summed E-state index contributed by atoms with van der Waals surface area (Å²) in [5, 5.41) is 6.27. The molecule has 2 atom stereocenters. The third kappa shape index (κ3) is 2.53. The van der Waals surface area contributed by atoms with Crippen LogP contribution in [0.15, 0.2) is 4.52 Å².